The molecule has 1 saturated heterocycles. The number of benzene rings is 1. The number of ether oxygens (including phenoxy) is 5. The van der Waals surface area contributed by atoms with Crippen molar-refractivity contribution < 1.29 is 57.9 Å². The molecule has 2 saturated carbocycles. The zero-order valence-electron chi connectivity index (χ0n) is 43.0. The molecule has 5 rings (SSSR count). The Morgan fingerprint density at radius 1 is 0.739 bits per heavy atom. The second-order valence-electron chi connectivity index (χ2n) is 21.1. The number of ketones is 1. The Kier molecular flexibility index (Phi) is 18.5. The Morgan fingerprint density at radius 2 is 1.29 bits per heavy atom. The van der Waals surface area contributed by atoms with Gasteiger partial charge in [0.2, 0.25) is 0 Å². The van der Waals surface area contributed by atoms with Gasteiger partial charge >= 0.3 is 24.1 Å². The Labute approximate surface area is 410 Å². The SMILES string of the molecule is CC(=O)O[C@H]1C(=O)[C@]2(C)[C@@H](OC(=O)CCC(C)=CCCC(C)=CCCC=C(C)CC/C=C(\C)CCC=C(C)C)C[C@H]3OC[C@@]3(OC(=O)O)[C@H]2[C@H](OC(=O)c2ccccc2)[C@]2(O)CCC(C)=C1C2(C)C. The number of hydrogen-bond donors (Lipinski definition) is 2. The van der Waals surface area contributed by atoms with Crippen LogP contribution in [-0.4, -0.2) is 82.3 Å². The highest BCUT2D eigenvalue weighted by molar-refractivity contribution is 5.95. The van der Waals surface area contributed by atoms with Crippen LogP contribution >= 0.6 is 0 Å². The van der Waals surface area contributed by atoms with Crippen molar-refractivity contribution in [3.63, 3.8) is 0 Å². The lowest BCUT2D eigenvalue weighted by Crippen LogP contribution is -2.81. The van der Waals surface area contributed by atoms with Crippen LogP contribution in [0.3, 0.4) is 0 Å². The summed E-state index contributed by atoms with van der Waals surface area (Å²) in [5.74, 6) is -4.37. The van der Waals surface area contributed by atoms with Crippen molar-refractivity contribution in [1.82, 2.24) is 0 Å². The smallest absolute Gasteiger partial charge is 0.461 e. The summed E-state index contributed by atoms with van der Waals surface area (Å²) in [5.41, 5.74) is 0.529. The summed E-state index contributed by atoms with van der Waals surface area (Å²) < 4.78 is 30.4. The van der Waals surface area contributed by atoms with Crippen LogP contribution < -0.4 is 0 Å². The van der Waals surface area contributed by atoms with E-state index >= 15 is 4.79 Å². The predicted octanol–water partition coefficient (Wildman–Crippen LogP) is 12.0. The van der Waals surface area contributed by atoms with Gasteiger partial charge in [0, 0.05) is 25.2 Å². The minimum absolute atomic E-state index is 0.0249. The third-order valence-corrected chi connectivity index (χ3v) is 15.3. The minimum Gasteiger partial charge on any atom is -0.461 e. The topological polar surface area (TPSA) is 172 Å². The molecule has 2 N–H and O–H groups in total. The molecule has 378 valence electrons. The number of carbonyl (C=O) groups is 5. The van der Waals surface area contributed by atoms with Gasteiger partial charge in [0.1, 0.15) is 23.9 Å². The maximum Gasteiger partial charge on any atom is 0.506 e. The molecule has 1 aliphatic heterocycles. The quantitative estimate of drug-likeness (QED) is 0.0549. The summed E-state index contributed by atoms with van der Waals surface area (Å²) in [5, 5.41) is 23.6. The van der Waals surface area contributed by atoms with E-state index in [1.807, 2.05) is 6.92 Å². The Balaban J connectivity index is 1.34. The molecule has 1 heterocycles. The molecule has 8 atom stereocenters. The Hall–Kier alpha value is -5.07. The highest BCUT2D eigenvalue weighted by atomic mass is 16.7. The standard InChI is InChI=1S/C57H78O12/c1-36(2)20-17-23-39(5)26-18-24-37(3)21-15-16-22-38(4)25-19-27-40(6)30-31-46(59)67-44-34-45-56(35-65-45,69-53(62)63)49-51(68-52(61)43-28-13-12-14-29-43)57(64)33-32-41(7)47(54(57,9)10)48(66-42(8)58)50(60)55(44,49)11/h12-14,20-22,26-29,44-45,48-49,51,64H,15-19,23-25,30-35H2,1-11H3,(H,62,63)/b37-21?,38-22?,39-26+,40-27?/t44-,45+,48+,49-,51-,55+,56-,57+/m0/s1. The maximum atomic E-state index is 15.7. The average molecular weight is 955 g/mol. The fourth-order valence-corrected chi connectivity index (χ4v) is 11.2. The van der Waals surface area contributed by atoms with E-state index in [0.29, 0.717) is 17.6 Å². The van der Waals surface area contributed by atoms with E-state index in [0.717, 1.165) is 56.9 Å². The van der Waals surface area contributed by atoms with Crippen LogP contribution in [0.4, 0.5) is 4.79 Å². The molecular weight excluding hydrogens is 877 g/mol. The van der Waals surface area contributed by atoms with Gasteiger partial charge < -0.3 is 33.9 Å². The van der Waals surface area contributed by atoms with E-state index in [9.17, 15) is 29.4 Å². The number of Topliss-reactive ketones (excluding diaryl/α,β-unsaturated/α-hetero) is 1. The monoisotopic (exact) mass is 955 g/mol. The fourth-order valence-electron chi connectivity index (χ4n) is 11.2. The molecule has 4 aliphatic rings. The molecule has 0 unspecified atom stereocenters. The molecular formula is C57H78O12. The normalized spacial score (nSPS) is 29.0. The molecule has 0 spiro atoms. The first-order valence-corrected chi connectivity index (χ1v) is 24.9. The van der Waals surface area contributed by atoms with Crippen LogP contribution in [-0.2, 0) is 38.1 Å². The van der Waals surface area contributed by atoms with Gasteiger partial charge in [0.05, 0.1) is 23.5 Å². The number of unbranched alkanes of at least 4 members (excludes halogenated alkanes) is 1. The number of fused-ring (bicyclic) bond motifs is 5. The van der Waals surface area contributed by atoms with E-state index in [1.165, 1.54) is 36.1 Å². The molecule has 69 heavy (non-hydrogen) atoms. The van der Waals surface area contributed by atoms with Gasteiger partial charge in [-0.15, -0.1) is 0 Å². The van der Waals surface area contributed by atoms with Gasteiger partial charge in [-0.1, -0.05) is 95.9 Å². The highest BCUT2D eigenvalue weighted by Crippen LogP contribution is 2.64. The van der Waals surface area contributed by atoms with E-state index in [4.69, 9.17) is 23.7 Å². The summed E-state index contributed by atoms with van der Waals surface area (Å²) in [4.78, 5) is 69.5. The van der Waals surface area contributed by atoms with E-state index in [-0.39, 0.29) is 37.9 Å². The number of esters is 3. The second-order valence-corrected chi connectivity index (χ2v) is 21.1. The zero-order chi connectivity index (χ0) is 50.9. The van der Waals surface area contributed by atoms with Crippen molar-refractivity contribution in [3.8, 4) is 0 Å². The van der Waals surface area contributed by atoms with Crippen LogP contribution in [0.15, 0.2) is 99.7 Å². The van der Waals surface area contributed by atoms with Crippen molar-refractivity contribution in [3.05, 3.63) is 105 Å². The predicted molar refractivity (Wildman–Crippen MR) is 265 cm³/mol. The fraction of sp³-hybridized carbons (Fsp3) is 0.596. The lowest BCUT2D eigenvalue weighted by molar-refractivity contribution is -0.343. The molecule has 0 amide bonds. The first kappa shape index (κ1) is 54.9. The number of aliphatic hydroxyl groups is 1. The maximum absolute atomic E-state index is 15.7. The van der Waals surface area contributed by atoms with E-state index in [1.54, 1.807) is 51.1 Å². The van der Waals surface area contributed by atoms with Gasteiger partial charge in [-0.05, 0) is 144 Å². The lowest BCUT2D eigenvalue weighted by atomic mass is 9.45. The summed E-state index contributed by atoms with van der Waals surface area (Å²) in [6.07, 6.45) is 12.7. The molecule has 3 fully saturated rings. The number of rotatable bonds is 20. The Bertz CT molecular complexity index is 2260. The molecule has 3 aliphatic carbocycles. The van der Waals surface area contributed by atoms with Crippen molar-refractivity contribution in [2.24, 2.45) is 16.7 Å². The van der Waals surface area contributed by atoms with Gasteiger partial charge in [-0.3, -0.25) is 14.4 Å². The highest BCUT2D eigenvalue weighted by Gasteiger charge is 2.78. The summed E-state index contributed by atoms with van der Waals surface area (Å²) in [6.45, 7) is 20.4. The van der Waals surface area contributed by atoms with Crippen LogP contribution in [0.25, 0.3) is 0 Å². The van der Waals surface area contributed by atoms with Gasteiger partial charge in [-0.25, -0.2) is 9.59 Å². The van der Waals surface area contributed by atoms with Crippen molar-refractivity contribution in [2.45, 2.75) is 195 Å². The first-order valence-electron chi connectivity index (χ1n) is 24.9. The molecule has 12 nitrogen and oxygen atoms in total. The van der Waals surface area contributed by atoms with Gasteiger partial charge in [0.15, 0.2) is 17.5 Å². The number of carboxylic acid groups (broad SMARTS) is 1. The zero-order valence-corrected chi connectivity index (χ0v) is 43.0. The van der Waals surface area contributed by atoms with E-state index < -0.39 is 82.2 Å². The van der Waals surface area contributed by atoms with Crippen molar-refractivity contribution >= 4 is 29.8 Å². The van der Waals surface area contributed by atoms with Gasteiger partial charge in [0.25, 0.3) is 0 Å². The molecule has 1 aromatic rings. The third kappa shape index (κ3) is 12.5. The van der Waals surface area contributed by atoms with Crippen LogP contribution in [0.5, 0.6) is 0 Å². The second kappa shape index (κ2) is 23.2. The van der Waals surface area contributed by atoms with Crippen LogP contribution in [0.1, 0.15) is 170 Å². The number of hydrogen-bond acceptors (Lipinski definition) is 11. The first-order chi connectivity index (χ1) is 32.5. The third-order valence-electron chi connectivity index (χ3n) is 15.3. The van der Waals surface area contributed by atoms with Crippen LogP contribution in [0, 0.1) is 16.7 Å². The molecule has 1 aromatic carbocycles. The lowest BCUT2D eigenvalue weighted by Gasteiger charge is -2.67. The number of allylic oxidation sites excluding steroid dienone is 11. The summed E-state index contributed by atoms with van der Waals surface area (Å²) in [7, 11) is 0. The molecule has 0 aromatic heterocycles. The summed E-state index contributed by atoms with van der Waals surface area (Å²) in [6, 6.07) is 8.14. The summed E-state index contributed by atoms with van der Waals surface area (Å²) >= 11 is 0. The minimum atomic E-state index is -1.99. The molecule has 12 heteroatoms. The van der Waals surface area contributed by atoms with Crippen molar-refractivity contribution in [2.75, 3.05) is 6.61 Å². The van der Waals surface area contributed by atoms with E-state index in [2.05, 4.69) is 65.0 Å². The Morgan fingerprint density at radius 3 is 1.81 bits per heavy atom. The molecule has 2 bridgehead atoms. The molecule has 0 radical (unpaired) electrons. The van der Waals surface area contributed by atoms with Crippen LogP contribution in [0.2, 0.25) is 0 Å². The van der Waals surface area contributed by atoms with Gasteiger partial charge in [-0.2, -0.15) is 0 Å². The number of carbonyl (C=O) groups excluding carboxylic acids is 4. The van der Waals surface area contributed by atoms with Crippen molar-refractivity contribution in [1.29, 1.82) is 0 Å². The average Bonchev–Trinajstić information content (AvgIpc) is 3.27. The largest absolute Gasteiger partial charge is 0.506 e.